The molecule has 2 saturated carbocycles. The van der Waals surface area contributed by atoms with Crippen molar-refractivity contribution < 1.29 is 4.39 Å². The van der Waals surface area contributed by atoms with Crippen molar-refractivity contribution in [2.75, 3.05) is 10.6 Å². The summed E-state index contributed by atoms with van der Waals surface area (Å²) in [6.45, 7) is 2.23. The van der Waals surface area contributed by atoms with Crippen LogP contribution in [0.3, 0.4) is 0 Å². The minimum absolute atomic E-state index is 0.267. The molecule has 4 N–H and O–H groups in total. The van der Waals surface area contributed by atoms with Gasteiger partial charge in [-0.3, -0.25) is 9.99 Å². The smallest absolute Gasteiger partial charge is 0.123 e. The molecule has 3 aliphatic rings. The molecule has 0 amide bonds. The Balaban J connectivity index is 1.44. The first-order valence-electron chi connectivity index (χ1n) is 13.0. The molecule has 2 aliphatic carbocycles. The molecule has 3 unspecified atom stereocenters. The highest BCUT2D eigenvalue weighted by molar-refractivity contribution is 6.36. The van der Waals surface area contributed by atoms with Gasteiger partial charge in [-0.2, -0.15) is 5.26 Å². The maximum atomic E-state index is 13.8. The average molecular weight is 528 g/mol. The highest BCUT2D eigenvalue weighted by Gasteiger charge is 2.38. The van der Waals surface area contributed by atoms with Crippen molar-refractivity contribution in [1.82, 2.24) is 21.0 Å². The van der Waals surface area contributed by atoms with E-state index in [2.05, 4.69) is 39.6 Å². The quantitative estimate of drug-likeness (QED) is 0.312. The number of rotatable bonds is 7. The van der Waals surface area contributed by atoms with Gasteiger partial charge in [0.1, 0.15) is 19.7 Å². The van der Waals surface area contributed by atoms with E-state index in [0.29, 0.717) is 45.0 Å². The number of nitrogens with zero attached hydrogens (tertiary/aromatic N) is 3. The molecule has 3 atom stereocenters. The molecule has 7 nitrogen and oxygen atoms in total. The molecular weight excluding hydrogens is 500 g/mol. The zero-order valence-corrected chi connectivity index (χ0v) is 21.8. The Labute approximate surface area is 227 Å². The lowest BCUT2D eigenvalue weighted by molar-refractivity contribution is 0.260. The van der Waals surface area contributed by atoms with Crippen molar-refractivity contribution in [3.05, 3.63) is 76.5 Å². The van der Waals surface area contributed by atoms with Gasteiger partial charge in [-0.1, -0.05) is 37.1 Å². The molecule has 38 heavy (non-hydrogen) atoms. The molecular formula is C28H28BClFN7. The predicted molar refractivity (Wildman–Crippen MR) is 149 cm³/mol. The van der Waals surface area contributed by atoms with Crippen molar-refractivity contribution in [1.29, 1.82) is 5.26 Å². The second-order valence-electron chi connectivity index (χ2n) is 10.5. The lowest BCUT2D eigenvalue weighted by atomic mass is 9.69. The summed E-state index contributed by atoms with van der Waals surface area (Å²) in [5, 5.41) is 20.1. The van der Waals surface area contributed by atoms with Crippen LogP contribution in [0.25, 0.3) is 10.9 Å². The summed E-state index contributed by atoms with van der Waals surface area (Å²) in [6, 6.07) is 12.8. The fraction of sp³-hybridized carbons (Fsp3) is 0.357. The topological polar surface area (TPSA) is 88.0 Å². The number of nitrogens with one attached hydrogen (secondary N) is 4. The Morgan fingerprint density at radius 2 is 2.00 bits per heavy atom. The second kappa shape index (κ2) is 9.68. The standard InChI is InChI=1S/C28H28BClFN7/c1-16-3-2-4-24(16)34-26-17(13-32)14-33-27-22(26)11-20(12-23(27)30)35-28(29,18-5-7-19(31)8-6-18)25-15-38(37-36-25)21-9-10-21/h5-8,11-12,14-16,21,24,35-37H,2-4,9-10H2,1H3,(H,33,34). The summed E-state index contributed by atoms with van der Waals surface area (Å²) < 4.78 is 13.8. The lowest BCUT2D eigenvalue weighted by Crippen LogP contribution is -2.45. The number of aromatic nitrogens is 1. The van der Waals surface area contributed by atoms with Gasteiger partial charge in [-0.05, 0) is 61.4 Å². The largest absolute Gasteiger partial charge is 0.380 e. The minimum Gasteiger partial charge on any atom is -0.380 e. The van der Waals surface area contributed by atoms with Gasteiger partial charge in [0.25, 0.3) is 0 Å². The maximum absolute atomic E-state index is 13.8. The first-order valence-corrected chi connectivity index (χ1v) is 13.4. The average Bonchev–Trinajstić information content (AvgIpc) is 3.49. The van der Waals surface area contributed by atoms with E-state index in [4.69, 9.17) is 19.4 Å². The van der Waals surface area contributed by atoms with Crippen LogP contribution >= 0.6 is 11.6 Å². The summed E-state index contributed by atoms with van der Waals surface area (Å²) >= 11 is 6.75. The number of hydrogen-bond acceptors (Lipinski definition) is 7. The van der Waals surface area contributed by atoms with Crippen molar-refractivity contribution in [2.45, 2.75) is 56.5 Å². The molecule has 2 fully saturated rings. The summed E-state index contributed by atoms with van der Waals surface area (Å²) in [5.41, 5.74) is 8.89. The molecule has 2 aromatic carbocycles. The number of anilines is 2. The molecule has 0 saturated heterocycles. The van der Waals surface area contributed by atoms with Gasteiger partial charge in [-0.25, -0.2) is 4.39 Å². The van der Waals surface area contributed by atoms with Gasteiger partial charge < -0.3 is 16.1 Å². The van der Waals surface area contributed by atoms with Crippen molar-refractivity contribution in [2.24, 2.45) is 5.92 Å². The number of nitriles is 1. The summed E-state index contributed by atoms with van der Waals surface area (Å²) in [4.78, 5) is 4.49. The van der Waals surface area contributed by atoms with Crippen LogP contribution in [0, 0.1) is 23.1 Å². The molecule has 3 aromatic rings. The number of fused-ring (bicyclic) bond motifs is 1. The van der Waals surface area contributed by atoms with Crippen molar-refractivity contribution >= 4 is 41.7 Å². The molecule has 0 bridgehead atoms. The van der Waals surface area contributed by atoms with E-state index >= 15 is 0 Å². The van der Waals surface area contributed by atoms with Crippen molar-refractivity contribution in [3.8, 4) is 6.07 Å². The highest BCUT2D eigenvalue weighted by atomic mass is 35.5. The Hall–Kier alpha value is -3.48. The fourth-order valence-electron chi connectivity index (χ4n) is 5.43. The van der Waals surface area contributed by atoms with E-state index in [1.165, 1.54) is 12.1 Å². The van der Waals surface area contributed by atoms with E-state index < -0.39 is 5.44 Å². The van der Waals surface area contributed by atoms with Crippen LogP contribution < -0.4 is 21.6 Å². The SMILES string of the molecule is [B]C(Nc1cc(Cl)c2ncc(C#N)c(NC3CCCC3C)c2c1)(C1=CN(C2CC2)NN1)c1ccc(F)cc1. The number of halogens is 2. The summed E-state index contributed by atoms with van der Waals surface area (Å²) in [5.74, 6) is 0.155. The fourth-order valence-corrected chi connectivity index (χ4v) is 5.70. The second-order valence-corrected chi connectivity index (χ2v) is 10.9. The van der Waals surface area contributed by atoms with Gasteiger partial charge in [0.05, 0.1) is 32.9 Å². The lowest BCUT2D eigenvalue weighted by Gasteiger charge is -2.34. The monoisotopic (exact) mass is 527 g/mol. The Morgan fingerprint density at radius 3 is 2.68 bits per heavy atom. The molecule has 6 rings (SSSR count). The third-order valence-electron chi connectivity index (χ3n) is 7.83. The third-order valence-corrected chi connectivity index (χ3v) is 8.12. The van der Waals surface area contributed by atoms with Crippen LogP contribution in [0.5, 0.6) is 0 Å². The van der Waals surface area contributed by atoms with E-state index in [-0.39, 0.29) is 11.9 Å². The number of hydrogen-bond donors (Lipinski definition) is 4. The van der Waals surface area contributed by atoms with E-state index in [1.54, 1.807) is 24.4 Å². The zero-order chi connectivity index (χ0) is 26.4. The van der Waals surface area contributed by atoms with Gasteiger partial charge >= 0.3 is 0 Å². The maximum Gasteiger partial charge on any atom is 0.123 e. The molecule has 0 spiro atoms. The molecule has 1 aromatic heterocycles. The molecule has 192 valence electrons. The first-order chi connectivity index (χ1) is 18.4. The van der Waals surface area contributed by atoms with Crippen molar-refractivity contribution in [3.63, 3.8) is 0 Å². The number of pyridine rings is 1. The van der Waals surface area contributed by atoms with Crippen LogP contribution in [0.1, 0.15) is 50.2 Å². The number of hydrazine groups is 2. The normalized spacial score (nSPS) is 22.5. The van der Waals surface area contributed by atoms with Gasteiger partial charge in [0.2, 0.25) is 0 Å². The molecule has 1 aliphatic heterocycles. The Morgan fingerprint density at radius 1 is 1.21 bits per heavy atom. The zero-order valence-electron chi connectivity index (χ0n) is 21.1. The molecule has 10 heteroatoms. The van der Waals surface area contributed by atoms with Crippen LogP contribution in [-0.4, -0.2) is 29.9 Å². The Bertz CT molecular complexity index is 1450. The Kier molecular flexibility index (Phi) is 6.33. The van der Waals surface area contributed by atoms with Crippen LogP contribution in [-0.2, 0) is 5.44 Å². The summed E-state index contributed by atoms with van der Waals surface area (Å²) in [7, 11) is 7.07. The van der Waals surface area contributed by atoms with Crippen LogP contribution in [0.4, 0.5) is 15.8 Å². The number of benzene rings is 2. The van der Waals surface area contributed by atoms with Crippen LogP contribution in [0.2, 0.25) is 5.02 Å². The van der Waals surface area contributed by atoms with Gasteiger partial charge in [0, 0.05) is 35.6 Å². The minimum atomic E-state index is -1.24. The van der Waals surface area contributed by atoms with Gasteiger partial charge in [0.15, 0.2) is 0 Å². The molecule has 2 heterocycles. The first kappa shape index (κ1) is 24.8. The van der Waals surface area contributed by atoms with Gasteiger partial charge in [-0.15, -0.1) is 5.53 Å². The summed E-state index contributed by atoms with van der Waals surface area (Å²) in [6.07, 6.45) is 9.06. The molecule has 2 radical (unpaired) electrons. The van der Waals surface area contributed by atoms with E-state index in [0.717, 1.165) is 43.2 Å². The van der Waals surface area contributed by atoms with E-state index in [9.17, 15) is 9.65 Å². The third kappa shape index (κ3) is 4.52. The van der Waals surface area contributed by atoms with E-state index in [1.807, 2.05) is 17.3 Å². The highest BCUT2D eigenvalue weighted by Crippen LogP contribution is 2.39. The predicted octanol–water partition coefficient (Wildman–Crippen LogP) is 5.26. The van der Waals surface area contributed by atoms with Crippen LogP contribution in [0.15, 0.2) is 54.5 Å².